The molecule has 1 aromatic rings. The molecule has 0 atom stereocenters. The zero-order valence-corrected chi connectivity index (χ0v) is 10.8. The van der Waals surface area contributed by atoms with E-state index in [0.29, 0.717) is 11.3 Å². The second-order valence-electron chi connectivity index (χ2n) is 5.14. The summed E-state index contributed by atoms with van der Waals surface area (Å²) in [5.74, 6) is 0.746. The minimum Gasteiger partial charge on any atom is -0.398 e. The third-order valence-electron chi connectivity index (χ3n) is 3.77. The predicted molar refractivity (Wildman–Crippen MR) is 74.4 cm³/mol. The van der Waals surface area contributed by atoms with Crippen molar-refractivity contribution >= 4 is 11.6 Å². The van der Waals surface area contributed by atoms with Crippen LogP contribution < -0.4 is 11.1 Å². The first-order chi connectivity index (χ1) is 8.77. The molecule has 0 aromatic heterocycles. The Labute approximate surface area is 109 Å². The lowest BCUT2D eigenvalue weighted by Crippen LogP contribution is -2.27. The fourth-order valence-electron chi connectivity index (χ4n) is 2.66. The Hall–Kier alpha value is -1.51. The average molecular weight is 246 g/mol. The van der Waals surface area contributed by atoms with Crippen molar-refractivity contribution in [3.05, 3.63) is 29.8 Å². The molecular formula is C15H22N2O. The number of anilines is 1. The molecule has 0 radical (unpaired) electrons. The number of carbonyl (C=O) groups excluding carboxylic acids is 1. The predicted octanol–water partition coefficient (Wildman–Crippen LogP) is 2.97. The van der Waals surface area contributed by atoms with E-state index in [1.54, 1.807) is 12.1 Å². The first-order valence-corrected chi connectivity index (χ1v) is 6.90. The van der Waals surface area contributed by atoms with Gasteiger partial charge in [0.25, 0.3) is 5.91 Å². The number of nitrogens with one attached hydrogen (secondary N) is 1. The number of carbonyl (C=O) groups is 1. The highest BCUT2D eigenvalue weighted by atomic mass is 16.1. The summed E-state index contributed by atoms with van der Waals surface area (Å²) in [6.45, 7) is 0.762. The van der Waals surface area contributed by atoms with E-state index >= 15 is 0 Å². The van der Waals surface area contributed by atoms with Gasteiger partial charge in [0.05, 0.1) is 5.56 Å². The molecular weight excluding hydrogens is 224 g/mol. The summed E-state index contributed by atoms with van der Waals surface area (Å²) < 4.78 is 0. The van der Waals surface area contributed by atoms with Gasteiger partial charge in [-0.15, -0.1) is 0 Å². The van der Waals surface area contributed by atoms with Crippen LogP contribution in [0.25, 0.3) is 0 Å². The minimum atomic E-state index is -0.0519. The van der Waals surface area contributed by atoms with Crippen LogP contribution in [0.1, 0.15) is 48.9 Å². The Balaban J connectivity index is 1.76. The largest absolute Gasteiger partial charge is 0.398 e. The highest BCUT2D eigenvalue weighted by Gasteiger charge is 2.14. The number of hydrogen-bond acceptors (Lipinski definition) is 2. The summed E-state index contributed by atoms with van der Waals surface area (Å²) in [7, 11) is 0. The van der Waals surface area contributed by atoms with E-state index in [1.807, 2.05) is 12.1 Å². The highest BCUT2D eigenvalue weighted by molar-refractivity contribution is 5.98. The summed E-state index contributed by atoms with van der Waals surface area (Å²) in [5.41, 5.74) is 6.91. The average Bonchev–Trinajstić information content (AvgIpc) is 2.40. The number of nitrogens with two attached hydrogens (primary N) is 1. The van der Waals surface area contributed by atoms with E-state index in [9.17, 15) is 4.79 Å². The van der Waals surface area contributed by atoms with Gasteiger partial charge in [-0.05, 0) is 24.5 Å². The van der Waals surface area contributed by atoms with E-state index in [-0.39, 0.29) is 5.91 Å². The number of amides is 1. The van der Waals surface area contributed by atoms with E-state index in [4.69, 9.17) is 5.73 Å². The van der Waals surface area contributed by atoms with Gasteiger partial charge in [-0.3, -0.25) is 4.79 Å². The van der Waals surface area contributed by atoms with Gasteiger partial charge in [0.1, 0.15) is 0 Å². The molecule has 0 unspecified atom stereocenters. The van der Waals surface area contributed by atoms with Crippen LogP contribution in [0.5, 0.6) is 0 Å². The second-order valence-corrected chi connectivity index (χ2v) is 5.14. The number of benzene rings is 1. The molecule has 0 spiro atoms. The van der Waals surface area contributed by atoms with Crippen LogP contribution in [0, 0.1) is 5.92 Å². The van der Waals surface area contributed by atoms with E-state index < -0.39 is 0 Å². The molecule has 18 heavy (non-hydrogen) atoms. The fraction of sp³-hybridized carbons (Fsp3) is 0.533. The first kappa shape index (κ1) is 12.9. The van der Waals surface area contributed by atoms with Crippen LogP contribution in [-0.2, 0) is 0 Å². The van der Waals surface area contributed by atoms with Crippen LogP contribution >= 0.6 is 0 Å². The SMILES string of the molecule is Nc1ccccc1C(=O)NCCC1CCCCC1. The Bertz CT molecular complexity index is 397. The van der Waals surface area contributed by atoms with Gasteiger partial charge < -0.3 is 11.1 Å². The van der Waals surface area contributed by atoms with Crippen molar-refractivity contribution in [3.8, 4) is 0 Å². The highest BCUT2D eigenvalue weighted by Crippen LogP contribution is 2.25. The molecule has 1 fully saturated rings. The van der Waals surface area contributed by atoms with Crippen LogP contribution in [0.2, 0.25) is 0 Å². The standard InChI is InChI=1S/C15H22N2O/c16-14-9-5-4-8-13(14)15(18)17-11-10-12-6-2-1-3-7-12/h4-5,8-9,12H,1-3,6-7,10-11,16H2,(H,17,18). The van der Waals surface area contributed by atoms with Gasteiger partial charge in [-0.1, -0.05) is 44.2 Å². The van der Waals surface area contributed by atoms with Crippen LogP contribution in [0.3, 0.4) is 0 Å². The second kappa shape index (κ2) is 6.43. The van der Waals surface area contributed by atoms with Crippen LogP contribution in [0.4, 0.5) is 5.69 Å². The van der Waals surface area contributed by atoms with Crippen molar-refractivity contribution < 1.29 is 4.79 Å². The van der Waals surface area contributed by atoms with Crippen molar-refractivity contribution in [3.63, 3.8) is 0 Å². The number of hydrogen-bond donors (Lipinski definition) is 2. The maximum Gasteiger partial charge on any atom is 0.253 e. The lowest BCUT2D eigenvalue weighted by molar-refractivity contribution is 0.0951. The normalized spacial score (nSPS) is 16.4. The number of para-hydroxylation sites is 1. The molecule has 0 aliphatic heterocycles. The molecule has 2 rings (SSSR count). The summed E-state index contributed by atoms with van der Waals surface area (Å²) in [6, 6.07) is 7.21. The lowest BCUT2D eigenvalue weighted by Gasteiger charge is -2.21. The van der Waals surface area contributed by atoms with Crippen molar-refractivity contribution in [2.24, 2.45) is 5.92 Å². The Kier molecular flexibility index (Phi) is 4.62. The van der Waals surface area contributed by atoms with Gasteiger partial charge >= 0.3 is 0 Å². The van der Waals surface area contributed by atoms with Gasteiger partial charge in [0.15, 0.2) is 0 Å². The van der Waals surface area contributed by atoms with Gasteiger partial charge in [0.2, 0.25) is 0 Å². The smallest absolute Gasteiger partial charge is 0.253 e. The molecule has 0 saturated heterocycles. The first-order valence-electron chi connectivity index (χ1n) is 6.90. The molecule has 98 valence electrons. The molecule has 3 nitrogen and oxygen atoms in total. The fourth-order valence-corrected chi connectivity index (χ4v) is 2.66. The zero-order chi connectivity index (χ0) is 12.8. The Morgan fingerprint density at radius 2 is 1.94 bits per heavy atom. The molecule has 3 heteroatoms. The molecule has 1 amide bonds. The van der Waals surface area contributed by atoms with E-state index in [1.165, 1.54) is 32.1 Å². The molecule has 1 aromatic carbocycles. The number of rotatable bonds is 4. The summed E-state index contributed by atoms with van der Waals surface area (Å²) in [4.78, 5) is 11.9. The third kappa shape index (κ3) is 3.49. The monoisotopic (exact) mass is 246 g/mol. The van der Waals surface area contributed by atoms with Crippen LogP contribution in [-0.4, -0.2) is 12.5 Å². The summed E-state index contributed by atoms with van der Waals surface area (Å²) in [6.07, 6.45) is 7.82. The molecule has 0 heterocycles. The summed E-state index contributed by atoms with van der Waals surface area (Å²) in [5, 5.41) is 2.97. The molecule has 0 bridgehead atoms. The minimum absolute atomic E-state index is 0.0519. The van der Waals surface area contributed by atoms with Crippen molar-refractivity contribution in [1.29, 1.82) is 0 Å². The summed E-state index contributed by atoms with van der Waals surface area (Å²) >= 11 is 0. The Morgan fingerprint density at radius 3 is 2.67 bits per heavy atom. The van der Waals surface area contributed by atoms with Gasteiger partial charge in [0, 0.05) is 12.2 Å². The lowest BCUT2D eigenvalue weighted by atomic mass is 9.87. The third-order valence-corrected chi connectivity index (χ3v) is 3.77. The van der Waals surface area contributed by atoms with Crippen molar-refractivity contribution in [1.82, 2.24) is 5.32 Å². The number of nitrogen functional groups attached to an aromatic ring is 1. The molecule has 1 aliphatic carbocycles. The topological polar surface area (TPSA) is 55.1 Å². The van der Waals surface area contributed by atoms with Crippen LogP contribution in [0.15, 0.2) is 24.3 Å². The van der Waals surface area contributed by atoms with E-state index in [0.717, 1.165) is 18.9 Å². The zero-order valence-electron chi connectivity index (χ0n) is 10.8. The molecule has 1 saturated carbocycles. The van der Waals surface area contributed by atoms with Gasteiger partial charge in [-0.2, -0.15) is 0 Å². The Morgan fingerprint density at radius 1 is 1.22 bits per heavy atom. The quantitative estimate of drug-likeness (QED) is 0.802. The van der Waals surface area contributed by atoms with E-state index in [2.05, 4.69) is 5.32 Å². The van der Waals surface area contributed by atoms with Gasteiger partial charge in [-0.25, -0.2) is 0 Å². The maximum absolute atomic E-state index is 11.9. The van der Waals surface area contributed by atoms with Crippen molar-refractivity contribution in [2.45, 2.75) is 38.5 Å². The molecule has 3 N–H and O–H groups in total. The molecule has 1 aliphatic rings. The van der Waals surface area contributed by atoms with Crippen molar-refractivity contribution in [2.75, 3.05) is 12.3 Å². The maximum atomic E-state index is 11.9.